The van der Waals surface area contributed by atoms with Crippen molar-refractivity contribution in [1.82, 2.24) is 0 Å². The molecule has 0 saturated heterocycles. The second-order valence-corrected chi connectivity index (χ2v) is 5.58. The Morgan fingerprint density at radius 2 is 1.81 bits per heavy atom. The summed E-state index contributed by atoms with van der Waals surface area (Å²) in [5.41, 5.74) is -0.225. The monoisotopic (exact) mass is 367 g/mol. The molecule has 26 heavy (non-hydrogen) atoms. The first kappa shape index (κ1) is 19.2. The molecule has 0 aromatic heterocycles. The Labute approximate surface area is 147 Å². The summed E-state index contributed by atoms with van der Waals surface area (Å²) in [5.74, 6) is -0.323. The number of nitrogens with one attached hydrogen (secondary N) is 2. The summed E-state index contributed by atoms with van der Waals surface area (Å²) < 4.78 is 38.0. The van der Waals surface area contributed by atoms with Crippen molar-refractivity contribution in [3.8, 4) is 0 Å². The number of benzene rings is 2. The van der Waals surface area contributed by atoms with Gasteiger partial charge in [0.2, 0.25) is 5.91 Å². The molecule has 0 fully saturated rings. The minimum atomic E-state index is -4.67. The molecule has 2 rings (SSSR count). The van der Waals surface area contributed by atoms with Crippen molar-refractivity contribution >= 4 is 23.0 Å². The van der Waals surface area contributed by atoms with Crippen molar-refractivity contribution in [2.24, 2.45) is 0 Å². The van der Waals surface area contributed by atoms with Crippen LogP contribution in [0, 0.1) is 17.0 Å². The summed E-state index contributed by atoms with van der Waals surface area (Å²) in [4.78, 5) is 21.9. The van der Waals surface area contributed by atoms with Gasteiger partial charge in [-0.15, -0.1) is 0 Å². The third-order valence-corrected chi connectivity index (χ3v) is 3.52. The van der Waals surface area contributed by atoms with Gasteiger partial charge in [-0.2, -0.15) is 13.2 Å². The van der Waals surface area contributed by atoms with E-state index in [1.54, 1.807) is 12.1 Å². The number of hydrogen-bond donors (Lipinski definition) is 2. The summed E-state index contributed by atoms with van der Waals surface area (Å²) >= 11 is 0. The zero-order valence-electron chi connectivity index (χ0n) is 13.8. The Morgan fingerprint density at radius 3 is 2.38 bits per heavy atom. The SMILES string of the molecule is Cc1ccc(NC(=O)CCNc2ccc(C(F)(F)F)cc2[N+](=O)[O-])cc1. The lowest BCUT2D eigenvalue weighted by Gasteiger charge is -2.11. The van der Waals surface area contributed by atoms with Gasteiger partial charge in [0.05, 0.1) is 10.5 Å². The minimum Gasteiger partial charge on any atom is -0.379 e. The van der Waals surface area contributed by atoms with Gasteiger partial charge in [0.25, 0.3) is 5.69 Å². The lowest BCUT2D eigenvalue weighted by Crippen LogP contribution is -2.16. The second kappa shape index (κ2) is 7.85. The molecule has 0 aliphatic rings. The maximum atomic E-state index is 12.7. The summed E-state index contributed by atoms with van der Waals surface area (Å²) in [5, 5.41) is 16.3. The van der Waals surface area contributed by atoms with Gasteiger partial charge in [-0.3, -0.25) is 14.9 Å². The van der Waals surface area contributed by atoms with Crippen molar-refractivity contribution in [2.45, 2.75) is 19.5 Å². The molecule has 9 heteroatoms. The highest BCUT2D eigenvalue weighted by molar-refractivity contribution is 5.91. The maximum Gasteiger partial charge on any atom is 0.416 e. The lowest BCUT2D eigenvalue weighted by atomic mass is 10.1. The zero-order valence-corrected chi connectivity index (χ0v) is 13.8. The van der Waals surface area contributed by atoms with E-state index in [2.05, 4.69) is 10.6 Å². The fourth-order valence-electron chi connectivity index (χ4n) is 2.18. The summed E-state index contributed by atoms with van der Waals surface area (Å²) in [6.45, 7) is 1.94. The third-order valence-electron chi connectivity index (χ3n) is 3.52. The largest absolute Gasteiger partial charge is 0.416 e. The molecular weight excluding hydrogens is 351 g/mol. The van der Waals surface area contributed by atoms with Gasteiger partial charge >= 0.3 is 6.18 Å². The van der Waals surface area contributed by atoms with Gasteiger partial charge in [-0.25, -0.2) is 0 Å². The highest BCUT2D eigenvalue weighted by Gasteiger charge is 2.33. The van der Waals surface area contributed by atoms with E-state index in [-0.39, 0.29) is 24.6 Å². The predicted molar refractivity (Wildman–Crippen MR) is 91.0 cm³/mol. The van der Waals surface area contributed by atoms with E-state index >= 15 is 0 Å². The van der Waals surface area contributed by atoms with Crippen LogP contribution < -0.4 is 10.6 Å². The Balaban J connectivity index is 1.97. The van der Waals surface area contributed by atoms with Crippen LogP contribution in [0.3, 0.4) is 0 Å². The quantitative estimate of drug-likeness (QED) is 0.587. The molecule has 2 N–H and O–H groups in total. The van der Waals surface area contributed by atoms with E-state index in [9.17, 15) is 28.1 Å². The fourth-order valence-corrected chi connectivity index (χ4v) is 2.18. The Morgan fingerprint density at radius 1 is 1.15 bits per heavy atom. The lowest BCUT2D eigenvalue weighted by molar-refractivity contribution is -0.384. The van der Waals surface area contributed by atoms with Gasteiger partial charge in [0.15, 0.2) is 0 Å². The molecule has 0 unspecified atom stereocenters. The molecule has 0 atom stereocenters. The smallest absolute Gasteiger partial charge is 0.379 e. The molecule has 0 heterocycles. The van der Waals surface area contributed by atoms with Crippen LogP contribution in [0.15, 0.2) is 42.5 Å². The normalized spacial score (nSPS) is 11.1. The van der Waals surface area contributed by atoms with Crippen LogP contribution in [-0.4, -0.2) is 17.4 Å². The Bertz CT molecular complexity index is 805. The zero-order chi connectivity index (χ0) is 19.3. The number of halogens is 3. The van der Waals surface area contributed by atoms with Crippen molar-refractivity contribution in [2.75, 3.05) is 17.2 Å². The average Bonchev–Trinajstić information content (AvgIpc) is 2.56. The fraction of sp³-hybridized carbons (Fsp3) is 0.235. The van der Waals surface area contributed by atoms with Gasteiger partial charge < -0.3 is 10.6 Å². The molecule has 0 aliphatic carbocycles. The number of nitro groups is 1. The van der Waals surface area contributed by atoms with Crippen molar-refractivity contribution in [3.63, 3.8) is 0 Å². The molecule has 0 aliphatic heterocycles. The number of carbonyl (C=O) groups is 1. The first-order chi connectivity index (χ1) is 12.2. The number of hydrogen-bond acceptors (Lipinski definition) is 4. The number of nitrogens with zero attached hydrogens (tertiary/aromatic N) is 1. The van der Waals surface area contributed by atoms with E-state index in [1.807, 2.05) is 19.1 Å². The summed E-state index contributed by atoms with van der Waals surface area (Å²) in [6.07, 6.45) is -4.68. The molecular formula is C17H16F3N3O3. The number of alkyl halides is 3. The number of amides is 1. The van der Waals surface area contributed by atoms with Crippen LogP contribution in [0.5, 0.6) is 0 Å². The molecule has 6 nitrogen and oxygen atoms in total. The first-order valence-electron chi connectivity index (χ1n) is 7.63. The summed E-state index contributed by atoms with van der Waals surface area (Å²) in [6, 6.07) is 9.34. The van der Waals surface area contributed by atoms with Gasteiger partial charge in [0, 0.05) is 24.7 Å². The molecule has 0 spiro atoms. The Kier molecular flexibility index (Phi) is 5.81. The van der Waals surface area contributed by atoms with E-state index in [0.717, 1.165) is 17.7 Å². The number of nitro benzene ring substituents is 1. The van der Waals surface area contributed by atoms with Crippen molar-refractivity contribution in [1.29, 1.82) is 0 Å². The van der Waals surface area contributed by atoms with E-state index in [4.69, 9.17) is 0 Å². The van der Waals surface area contributed by atoms with Crippen LogP contribution in [0.4, 0.5) is 30.2 Å². The topological polar surface area (TPSA) is 84.3 Å². The second-order valence-electron chi connectivity index (χ2n) is 5.58. The molecule has 2 aromatic carbocycles. The highest BCUT2D eigenvalue weighted by atomic mass is 19.4. The van der Waals surface area contributed by atoms with Crippen LogP contribution >= 0.6 is 0 Å². The number of rotatable bonds is 6. The van der Waals surface area contributed by atoms with Gasteiger partial charge in [-0.05, 0) is 31.2 Å². The van der Waals surface area contributed by atoms with Gasteiger partial charge in [0.1, 0.15) is 5.69 Å². The van der Waals surface area contributed by atoms with Crippen LogP contribution in [-0.2, 0) is 11.0 Å². The Hall–Kier alpha value is -3.10. The molecule has 0 bridgehead atoms. The number of anilines is 2. The van der Waals surface area contributed by atoms with Crippen molar-refractivity contribution < 1.29 is 22.9 Å². The predicted octanol–water partition coefficient (Wildman–Crippen LogP) is 4.36. The molecule has 0 radical (unpaired) electrons. The maximum absolute atomic E-state index is 12.7. The minimum absolute atomic E-state index is 0.00788. The van der Waals surface area contributed by atoms with E-state index < -0.39 is 22.4 Å². The van der Waals surface area contributed by atoms with E-state index in [1.165, 1.54) is 0 Å². The van der Waals surface area contributed by atoms with Crippen LogP contribution in [0.25, 0.3) is 0 Å². The standard InChI is InChI=1S/C17H16F3N3O3/c1-11-2-5-13(6-3-11)22-16(24)8-9-21-14-7-4-12(17(18,19)20)10-15(14)23(25)26/h2-7,10,21H,8-9H2,1H3,(H,22,24). The number of aryl methyl sites for hydroxylation is 1. The summed E-state index contributed by atoms with van der Waals surface area (Å²) in [7, 11) is 0. The molecule has 1 amide bonds. The van der Waals surface area contributed by atoms with Crippen molar-refractivity contribution in [3.05, 3.63) is 63.7 Å². The average molecular weight is 367 g/mol. The first-order valence-corrected chi connectivity index (χ1v) is 7.63. The molecule has 2 aromatic rings. The molecule has 138 valence electrons. The van der Waals surface area contributed by atoms with Crippen LogP contribution in [0.1, 0.15) is 17.5 Å². The highest BCUT2D eigenvalue weighted by Crippen LogP contribution is 2.34. The molecule has 0 saturated carbocycles. The van der Waals surface area contributed by atoms with E-state index in [0.29, 0.717) is 11.8 Å². The third kappa shape index (κ3) is 5.20. The van der Waals surface area contributed by atoms with Gasteiger partial charge in [-0.1, -0.05) is 17.7 Å². The number of carbonyl (C=O) groups excluding carboxylic acids is 1. The van der Waals surface area contributed by atoms with Crippen LogP contribution in [0.2, 0.25) is 0 Å².